The molecule has 3 aliphatic carbocycles. The number of piperidine rings is 1. The van der Waals surface area contributed by atoms with Gasteiger partial charge in [-0.15, -0.1) is 0 Å². The number of anilines is 1. The highest BCUT2D eigenvalue weighted by Gasteiger charge is 2.51. The van der Waals surface area contributed by atoms with Crippen LogP contribution < -0.4 is 5.32 Å². The number of likely N-dealkylation sites (tertiary alicyclic amines) is 1. The zero-order valence-electron chi connectivity index (χ0n) is 18.0. The molecule has 1 aromatic heterocycles. The summed E-state index contributed by atoms with van der Waals surface area (Å²) in [5.74, 6) is 1.92. The highest BCUT2D eigenvalue weighted by molar-refractivity contribution is 5.93. The van der Waals surface area contributed by atoms with Crippen LogP contribution in [0.3, 0.4) is 0 Å². The molecule has 1 aromatic carbocycles. The van der Waals surface area contributed by atoms with Gasteiger partial charge in [0.25, 0.3) is 0 Å². The normalized spacial score (nSPS) is 26.0. The lowest BCUT2D eigenvalue weighted by molar-refractivity contribution is -0.121. The lowest BCUT2D eigenvalue weighted by atomic mass is 9.49. The number of hydrogen-bond acceptors (Lipinski definition) is 3. The van der Waals surface area contributed by atoms with Crippen LogP contribution in [0, 0.1) is 23.2 Å². The first-order valence-electron chi connectivity index (χ1n) is 11.3. The van der Waals surface area contributed by atoms with Crippen LogP contribution in [0.15, 0.2) is 48.2 Å². The second kappa shape index (κ2) is 7.69. The van der Waals surface area contributed by atoms with Gasteiger partial charge in [0.05, 0.1) is 5.69 Å². The number of aromatic nitrogens is 2. The minimum absolute atomic E-state index is 0.0990. The summed E-state index contributed by atoms with van der Waals surface area (Å²) in [5, 5.41) is 10.1. The molecule has 0 unspecified atom stereocenters. The Kier molecular flexibility index (Phi) is 5.02. The Balaban J connectivity index is 1.14. The van der Waals surface area contributed by atoms with Gasteiger partial charge in [0.15, 0.2) is 0 Å². The third-order valence-corrected chi connectivity index (χ3v) is 7.89. The van der Waals surface area contributed by atoms with Crippen molar-refractivity contribution >= 4 is 11.6 Å². The number of H-pyrrole nitrogens is 1. The van der Waals surface area contributed by atoms with Crippen LogP contribution in [0.1, 0.15) is 39.5 Å². The smallest absolute Gasteiger partial charge is 0.227 e. The van der Waals surface area contributed by atoms with Gasteiger partial charge < -0.3 is 5.32 Å². The SMILES string of the molecule is CC1(C)[C@H]2CC=C(CN3CCC(C(=O)Nc4cccc(-c5ccn[nH]5)c4)CC3)[C@@H]1C2. The van der Waals surface area contributed by atoms with Crippen molar-refractivity contribution < 1.29 is 4.79 Å². The zero-order chi connectivity index (χ0) is 20.7. The van der Waals surface area contributed by atoms with Crippen LogP contribution in [0.2, 0.25) is 0 Å². The van der Waals surface area contributed by atoms with Crippen LogP contribution in [-0.2, 0) is 4.79 Å². The Morgan fingerprint density at radius 2 is 2.10 bits per heavy atom. The summed E-state index contributed by atoms with van der Waals surface area (Å²) >= 11 is 0. The van der Waals surface area contributed by atoms with Crippen LogP contribution in [-0.4, -0.2) is 40.6 Å². The number of fused-ring (bicyclic) bond motifs is 1. The number of benzene rings is 1. The summed E-state index contributed by atoms with van der Waals surface area (Å²) in [6.45, 7) is 8.01. The molecule has 1 saturated carbocycles. The summed E-state index contributed by atoms with van der Waals surface area (Å²) in [6.07, 6.45) is 8.77. The first kappa shape index (κ1) is 19.6. The number of allylic oxidation sites excluding steroid dienone is 1. The molecule has 5 heteroatoms. The van der Waals surface area contributed by atoms with Gasteiger partial charge in [-0.25, -0.2) is 0 Å². The molecule has 2 aromatic rings. The maximum absolute atomic E-state index is 12.8. The fraction of sp³-hybridized carbons (Fsp3) is 0.520. The Morgan fingerprint density at radius 1 is 1.27 bits per heavy atom. The van der Waals surface area contributed by atoms with Crippen LogP contribution >= 0.6 is 0 Å². The first-order valence-corrected chi connectivity index (χ1v) is 11.3. The van der Waals surface area contributed by atoms with Crippen LogP contribution in [0.25, 0.3) is 11.3 Å². The number of amides is 1. The zero-order valence-corrected chi connectivity index (χ0v) is 18.0. The lowest BCUT2D eigenvalue weighted by Crippen LogP contribution is -2.50. The van der Waals surface area contributed by atoms with Crippen molar-refractivity contribution in [3.63, 3.8) is 0 Å². The highest BCUT2D eigenvalue weighted by atomic mass is 16.1. The predicted molar refractivity (Wildman–Crippen MR) is 120 cm³/mol. The van der Waals surface area contributed by atoms with E-state index in [1.807, 2.05) is 30.3 Å². The summed E-state index contributed by atoms with van der Waals surface area (Å²) in [6, 6.07) is 9.88. The minimum atomic E-state index is 0.0990. The van der Waals surface area contributed by atoms with Gasteiger partial charge in [0.1, 0.15) is 0 Å². The molecule has 2 fully saturated rings. The molecular weight excluding hydrogens is 372 g/mol. The molecule has 1 saturated heterocycles. The summed E-state index contributed by atoms with van der Waals surface area (Å²) < 4.78 is 0. The van der Waals surface area contributed by atoms with Gasteiger partial charge in [-0.05, 0) is 74.2 Å². The van der Waals surface area contributed by atoms with Crippen molar-refractivity contribution in [2.75, 3.05) is 25.0 Å². The van der Waals surface area contributed by atoms with Crippen molar-refractivity contribution in [3.05, 3.63) is 48.2 Å². The van der Waals surface area contributed by atoms with Gasteiger partial charge in [-0.3, -0.25) is 14.8 Å². The van der Waals surface area contributed by atoms with E-state index in [4.69, 9.17) is 0 Å². The molecule has 6 rings (SSSR count). The molecule has 1 amide bonds. The molecule has 158 valence electrons. The third-order valence-electron chi connectivity index (χ3n) is 7.89. The average Bonchev–Trinajstić information content (AvgIpc) is 3.29. The van der Waals surface area contributed by atoms with Crippen LogP contribution in [0.4, 0.5) is 5.69 Å². The molecule has 4 aliphatic rings. The van der Waals surface area contributed by atoms with Crippen molar-refractivity contribution in [1.82, 2.24) is 15.1 Å². The van der Waals surface area contributed by atoms with Crippen molar-refractivity contribution in [2.24, 2.45) is 23.2 Å². The molecular formula is C25H32N4O. The molecule has 2 bridgehead atoms. The highest BCUT2D eigenvalue weighted by Crippen LogP contribution is 2.59. The topological polar surface area (TPSA) is 61.0 Å². The number of nitrogens with one attached hydrogen (secondary N) is 2. The Labute approximate surface area is 178 Å². The lowest BCUT2D eigenvalue weighted by Gasteiger charge is -2.57. The average molecular weight is 405 g/mol. The van der Waals surface area contributed by atoms with E-state index in [0.717, 1.165) is 61.3 Å². The van der Waals surface area contributed by atoms with E-state index < -0.39 is 0 Å². The molecule has 2 heterocycles. The second-order valence-electron chi connectivity index (χ2n) is 9.91. The molecule has 30 heavy (non-hydrogen) atoms. The maximum atomic E-state index is 12.8. The molecule has 0 spiro atoms. The van der Waals surface area contributed by atoms with E-state index in [1.165, 1.54) is 12.8 Å². The molecule has 2 atom stereocenters. The van der Waals surface area contributed by atoms with Gasteiger partial charge in [-0.2, -0.15) is 5.10 Å². The predicted octanol–water partition coefficient (Wildman–Crippen LogP) is 4.72. The largest absolute Gasteiger partial charge is 0.326 e. The Hall–Kier alpha value is -2.40. The molecule has 1 aliphatic heterocycles. The third kappa shape index (κ3) is 3.60. The number of carbonyl (C=O) groups excluding carboxylic acids is 1. The Morgan fingerprint density at radius 3 is 2.80 bits per heavy atom. The van der Waals surface area contributed by atoms with Crippen molar-refractivity contribution in [3.8, 4) is 11.3 Å². The second-order valence-corrected chi connectivity index (χ2v) is 9.91. The van der Waals surface area contributed by atoms with E-state index >= 15 is 0 Å². The number of rotatable bonds is 5. The first-order chi connectivity index (χ1) is 14.5. The summed E-state index contributed by atoms with van der Waals surface area (Å²) in [4.78, 5) is 15.4. The van der Waals surface area contributed by atoms with E-state index in [2.05, 4.69) is 40.3 Å². The molecule has 0 radical (unpaired) electrons. The number of aromatic amines is 1. The van der Waals surface area contributed by atoms with Crippen LogP contribution in [0.5, 0.6) is 0 Å². The van der Waals surface area contributed by atoms with Gasteiger partial charge >= 0.3 is 0 Å². The van der Waals surface area contributed by atoms with Gasteiger partial charge in [0, 0.05) is 29.9 Å². The van der Waals surface area contributed by atoms with E-state index in [9.17, 15) is 4.79 Å². The fourth-order valence-electron chi connectivity index (χ4n) is 5.69. The molecule has 2 N–H and O–H groups in total. The number of carbonyl (C=O) groups is 1. The maximum Gasteiger partial charge on any atom is 0.227 e. The number of hydrogen-bond donors (Lipinski definition) is 2. The fourth-order valence-corrected chi connectivity index (χ4v) is 5.69. The van der Waals surface area contributed by atoms with Crippen molar-refractivity contribution in [1.29, 1.82) is 0 Å². The number of nitrogens with zero attached hydrogens (tertiary/aromatic N) is 2. The summed E-state index contributed by atoms with van der Waals surface area (Å²) in [7, 11) is 0. The van der Waals surface area contributed by atoms with E-state index in [0.29, 0.717) is 5.41 Å². The minimum Gasteiger partial charge on any atom is -0.326 e. The quantitative estimate of drug-likeness (QED) is 0.709. The monoisotopic (exact) mass is 404 g/mol. The van der Waals surface area contributed by atoms with Gasteiger partial charge in [0.2, 0.25) is 5.91 Å². The van der Waals surface area contributed by atoms with E-state index in [-0.39, 0.29) is 11.8 Å². The van der Waals surface area contributed by atoms with Crippen molar-refractivity contribution in [2.45, 2.75) is 39.5 Å². The summed E-state index contributed by atoms with van der Waals surface area (Å²) in [5.41, 5.74) is 4.98. The van der Waals surface area contributed by atoms with Gasteiger partial charge in [-0.1, -0.05) is 37.6 Å². The Bertz CT molecular complexity index is 938. The van der Waals surface area contributed by atoms with E-state index in [1.54, 1.807) is 11.8 Å². The molecule has 5 nitrogen and oxygen atoms in total. The standard InChI is InChI=1S/C25H32N4O/c1-25(2)20-7-6-19(22(25)15-20)16-29-12-9-17(10-13-29)24(30)27-21-5-3-4-18(14-21)23-8-11-26-28-23/h3-6,8,11,14,17,20,22H,7,9-10,12-13,15-16H2,1-2H3,(H,26,28)(H,27,30)/t20-,22-/m0/s1.